The highest BCUT2D eigenvalue weighted by molar-refractivity contribution is 5.75. The van der Waals surface area contributed by atoms with Gasteiger partial charge in [0.25, 0.3) is 0 Å². The number of carbonyl (C=O) groups is 1. The minimum atomic E-state index is -0.148. The Morgan fingerprint density at radius 1 is 1.24 bits per heavy atom. The summed E-state index contributed by atoms with van der Waals surface area (Å²) in [4.78, 5) is 20.0. The fourth-order valence-corrected chi connectivity index (χ4v) is 4.17. The van der Waals surface area contributed by atoms with Crippen molar-refractivity contribution in [3.8, 4) is 0 Å². The number of nitrogens with zero attached hydrogens (tertiary/aromatic N) is 2. The van der Waals surface area contributed by atoms with E-state index in [-0.39, 0.29) is 23.9 Å². The first kappa shape index (κ1) is 16.9. The van der Waals surface area contributed by atoms with E-state index in [1.165, 1.54) is 11.1 Å². The zero-order valence-corrected chi connectivity index (χ0v) is 14.4. The second-order valence-corrected chi connectivity index (χ2v) is 7.32. The van der Waals surface area contributed by atoms with Crippen LogP contribution in [0.25, 0.3) is 0 Å². The Kier molecular flexibility index (Phi) is 5.01. The van der Waals surface area contributed by atoms with E-state index >= 15 is 0 Å². The zero-order chi connectivity index (χ0) is 17.2. The zero-order valence-electron chi connectivity index (χ0n) is 14.4. The number of carbonyl (C=O) groups excluding carboxylic acids is 1. The van der Waals surface area contributed by atoms with Crippen LogP contribution in [0.1, 0.15) is 31.2 Å². The van der Waals surface area contributed by atoms with Gasteiger partial charge in [-0.2, -0.15) is 0 Å². The van der Waals surface area contributed by atoms with Crippen LogP contribution in [0.5, 0.6) is 0 Å². The highest BCUT2D eigenvalue weighted by atomic mass is 19.1. The van der Waals surface area contributed by atoms with Crippen molar-refractivity contribution in [3.05, 3.63) is 35.6 Å². The third kappa shape index (κ3) is 3.86. The Bertz CT molecular complexity index is 606. The molecule has 0 aliphatic carbocycles. The summed E-state index contributed by atoms with van der Waals surface area (Å²) < 4.78 is 19.9. The van der Waals surface area contributed by atoms with Gasteiger partial charge in [-0.05, 0) is 25.3 Å². The molecule has 3 aliphatic heterocycles. The molecule has 3 atom stereocenters. The number of likely N-dealkylation sites (tertiary alicyclic amines) is 1. The molecule has 6 heteroatoms. The summed E-state index contributed by atoms with van der Waals surface area (Å²) in [6.07, 6.45) is 3.48. The lowest BCUT2D eigenvalue weighted by Crippen LogP contribution is -2.37. The molecule has 0 saturated carbocycles. The van der Waals surface area contributed by atoms with Crippen molar-refractivity contribution in [1.29, 1.82) is 0 Å². The molecule has 3 aliphatic rings. The van der Waals surface area contributed by atoms with E-state index < -0.39 is 0 Å². The molecule has 3 fully saturated rings. The quantitative estimate of drug-likeness (QED) is 0.838. The van der Waals surface area contributed by atoms with Crippen LogP contribution >= 0.6 is 0 Å². The maximum Gasteiger partial charge on any atom is 0.248 e. The molecule has 0 N–H and O–H groups in total. The molecule has 4 rings (SSSR count). The first-order chi connectivity index (χ1) is 12.2. The van der Waals surface area contributed by atoms with Gasteiger partial charge >= 0.3 is 0 Å². The van der Waals surface area contributed by atoms with E-state index in [1.807, 2.05) is 12.1 Å². The Morgan fingerprint density at radius 2 is 2.12 bits per heavy atom. The van der Waals surface area contributed by atoms with Gasteiger partial charge in [-0.1, -0.05) is 18.2 Å². The molecule has 1 aromatic carbocycles. The first-order valence-electron chi connectivity index (χ1n) is 9.23. The van der Waals surface area contributed by atoms with E-state index in [0.29, 0.717) is 32.0 Å². The second kappa shape index (κ2) is 7.40. The molecule has 5 nitrogen and oxygen atoms in total. The van der Waals surface area contributed by atoms with Gasteiger partial charge in [-0.15, -0.1) is 0 Å². The molecule has 0 aromatic heterocycles. The monoisotopic (exact) mass is 348 g/mol. The van der Waals surface area contributed by atoms with Crippen molar-refractivity contribution in [2.75, 3.05) is 26.2 Å². The van der Waals surface area contributed by atoms with Crippen molar-refractivity contribution >= 4 is 5.91 Å². The number of rotatable bonds is 4. The van der Waals surface area contributed by atoms with E-state index in [2.05, 4.69) is 4.90 Å². The number of ether oxygens (including phenoxy) is 1. The number of halogens is 1. The first-order valence-corrected chi connectivity index (χ1v) is 9.23. The molecule has 25 heavy (non-hydrogen) atoms. The number of amides is 1. The van der Waals surface area contributed by atoms with Crippen LogP contribution in [0, 0.1) is 11.7 Å². The summed E-state index contributed by atoms with van der Waals surface area (Å²) in [5, 5.41) is 1.51. The van der Waals surface area contributed by atoms with Crippen LogP contribution in [0.15, 0.2) is 24.3 Å². The maximum absolute atomic E-state index is 13.8. The number of hydrogen-bond acceptors (Lipinski definition) is 4. The van der Waals surface area contributed by atoms with Crippen molar-refractivity contribution in [2.24, 2.45) is 5.92 Å². The normalized spacial score (nSPS) is 29.8. The van der Waals surface area contributed by atoms with E-state index in [0.717, 1.165) is 37.9 Å². The number of benzene rings is 1. The van der Waals surface area contributed by atoms with Crippen LogP contribution < -0.4 is 0 Å². The summed E-state index contributed by atoms with van der Waals surface area (Å²) in [6.45, 7) is 3.66. The lowest BCUT2D eigenvalue weighted by atomic mass is 10.0. The highest BCUT2D eigenvalue weighted by Crippen LogP contribution is 2.35. The lowest BCUT2D eigenvalue weighted by Gasteiger charge is -2.27. The summed E-state index contributed by atoms with van der Waals surface area (Å²) in [6, 6.07) is 6.93. The van der Waals surface area contributed by atoms with Crippen LogP contribution in [-0.2, 0) is 20.9 Å². The second-order valence-electron chi connectivity index (χ2n) is 7.32. The Morgan fingerprint density at radius 3 is 2.88 bits per heavy atom. The SMILES string of the molecule is O=C(C[C@@H]1C[C@H]2CN(Cc3ccccc3F)C[C@H]2O1)N1CCCCO1. The van der Waals surface area contributed by atoms with Crippen molar-refractivity contribution < 1.29 is 18.8 Å². The van der Waals surface area contributed by atoms with Gasteiger partial charge in [0, 0.05) is 37.7 Å². The molecular weight excluding hydrogens is 323 g/mol. The Balaban J connectivity index is 1.26. The van der Waals surface area contributed by atoms with E-state index in [9.17, 15) is 9.18 Å². The van der Waals surface area contributed by atoms with Gasteiger partial charge in [0.1, 0.15) is 5.82 Å². The summed E-state index contributed by atoms with van der Waals surface area (Å²) in [5.74, 6) is 0.324. The van der Waals surface area contributed by atoms with Crippen LogP contribution in [0.3, 0.4) is 0 Å². The fraction of sp³-hybridized carbons (Fsp3) is 0.632. The standard InChI is InChI=1S/C19H25FN2O3/c20-17-6-2-1-5-14(17)11-21-12-15-9-16(25-18(15)13-21)10-19(23)22-7-3-4-8-24-22/h1-2,5-6,15-16,18H,3-4,7-13H2/t15-,16-,18+/m0/s1. The van der Waals surface area contributed by atoms with Gasteiger partial charge in [0.2, 0.25) is 5.91 Å². The minimum absolute atomic E-state index is 0.0105. The average molecular weight is 348 g/mol. The molecule has 0 bridgehead atoms. The molecule has 1 amide bonds. The van der Waals surface area contributed by atoms with E-state index in [4.69, 9.17) is 9.57 Å². The van der Waals surface area contributed by atoms with Crippen LogP contribution in [0.4, 0.5) is 4.39 Å². The van der Waals surface area contributed by atoms with Crippen LogP contribution in [0.2, 0.25) is 0 Å². The third-order valence-electron chi connectivity index (χ3n) is 5.42. The lowest BCUT2D eigenvalue weighted by molar-refractivity contribution is -0.199. The number of hydrogen-bond donors (Lipinski definition) is 0. The Hall–Kier alpha value is -1.50. The predicted molar refractivity (Wildman–Crippen MR) is 90.0 cm³/mol. The number of hydroxylamine groups is 2. The molecule has 3 heterocycles. The van der Waals surface area contributed by atoms with Crippen molar-refractivity contribution in [3.63, 3.8) is 0 Å². The van der Waals surface area contributed by atoms with Crippen molar-refractivity contribution in [1.82, 2.24) is 9.96 Å². The molecule has 3 saturated heterocycles. The van der Waals surface area contributed by atoms with Gasteiger partial charge in [-0.25, -0.2) is 9.45 Å². The summed E-state index contributed by atoms with van der Waals surface area (Å²) >= 11 is 0. The minimum Gasteiger partial charge on any atom is -0.373 e. The molecule has 136 valence electrons. The van der Waals surface area contributed by atoms with Crippen molar-refractivity contribution in [2.45, 2.75) is 44.4 Å². The Labute approximate surface area is 147 Å². The predicted octanol–water partition coefficient (Wildman–Crippen LogP) is 2.36. The third-order valence-corrected chi connectivity index (χ3v) is 5.42. The maximum atomic E-state index is 13.8. The molecule has 0 radical (unpaired) electrons. The van der Waals surface area contributed by atoms with E-state index in [1.54, 1.807) is 6.07 Å². The highest BCUT2D eigenvalue weighted by Gasteiger charge is 2.42. The van der Waals surface area contributed by atoms with Gasteiger partial charge in [0.15, 0.2) is 0 Å². The smallest absolute Gasteiger partial charge is 0.248 e. The largest absolute Gasteiger partial charge is 0.373 e. The summed E-state index contributed by atoms with van der Waals surface area (Å²) in [7, 11) is 0. The summed E-state index contributed by atoms with van der Waals surface area (Å²) in [5.41, 5.74) is 0.733. The molecule has 1 aromatic rings. The topological polar surface area (TPSA) is 42.0 Å². The fourth-order valence-electron chi connectivity index (χ4n) is 4.17. The molecular formula is C19H25FN2O3. The number of fused-ring (bicyclic) bond motifs is 1. The van der Waals surface area contributed by atoms with Gasteiger partial charge < -0.3 is 4.74 Å². The average Bonchev–Trinajstić information content (AvgIpc) is 3.15. The van der Waals surface area contributed by atoms with Gasteiger partial charge in [0.05, 0.1) is 25.2 Å². The molecule has 0 unspecified atom stereocenters. The molecule has 0 spiro atoms. The van der Waals surface area contributed by atoms with Crippen LogP contribution in [-0.4, -0.2) is 54.3 Å². The van der Waals surface area contributed by atoms with Gasteiger partial charge in [-0.3, -0.25) is 14.5 Å².